The highest BCUT2D eigenvalue weighted by Gasteiger charge is 2.22. The van der Waals surface area contributed by atoms with Crippen molar-refractivity contribution in [2.45, 2.75) is 6.54 Å². The second kappa shape index (κ2) is 8.20. The molecule has 4 rings (SSSR count). The molecule has 2 aliphatic rings. The van der Waals surface area contributed by atoms with Gasteiger partial charge in [-0.25, -0.2) is 4.99 Å². The predicted molar refractivity (Wildman–Crippen MR) is 121 cm³/mol. The average Bonchev–Trinajstić information content (AvgIpc) is 2.89. The van der Waals surface area contributed by atoms with E-state index in [0.717, 1.165) is 20.5 Å². The van der Waals surface area contributed by atoms with E-state index in [4.69, 9.17) is 14.5 Å². The van der Waals surface area contributed by atoms with Crippen LogP contribution in [0.15, 0.2) is 74.4 Å². The Morgan fingerprint density at radius 1 is 1.10 bits per heavy atom. The number of carbonyl (C=O) groups is 1. The van der Waals surface area contributed by atoms with E-state index < -0.39 is 5.91 Å². The molecule has 2 aliphatic heterocycles. The summed E-state index contributed by atoms with van der Waals surface area (Å²) >= 11 is 2.27. The van der Waals surface area contributed by atoms with E-state index in [1.165, 1.54) is 0 Å². The Kier molecular flexibility index (Phi) is 5.48. The Balaban J connectivity index is 1.80. The second-order valence-electron chi connectivity index (χ2n) is 6.44. The average molecular weight is 499 g/mol. The largest absolute Gasteiger partial charge is 0.497 e. The van der Waals surface area contributed by atoms with E-state index in [0.29, 0.717) is 29.4 Å². The summed E-state index contributed by atoms with van der Waals surface area (Å²) in [6.07, 6.45) is 5.95. The number of hydrogen-bond acceptors (Lipinski definition) is 4. The van der Waals surface area contributed by atoms with Crippen LogP contribution in [-0.4, -0.2) is 36.7 Å². The van der Waals surface area contributed by atoms with E-state index in [-0.39, 0.29) is 0 Å². The van der Waals surface area contributed by atoms with Gasteiger partial charge in [0.2, 0.25) is 0 Å². The normalized spacial score (nSPS) is 16.4. The summed E-state index contributed by atoms with van der Waals surface area (Å²) in [6, 6.07) is 12.9. The van der Waals surface area contributed by atoms with Crippen LogP contribution in [0.3, 0.4) is 0 Å². The van der Waals surface area contributed by atoms with Crippen molar-refractivity contribution >= 4 is 40.2 Å². The molecule has 0 N–H and O–H groups in total. The summed E-state index contributed by atoms with van der Waals surface area (Å²) in [4.78, 5) is 24.1. The Hall–Kier alpha value is -2.94. The Bertz CT molecular complexity index is 1080. The summed E-state index contributed by atoms with van der Waals surface area (Å²) in [5.74, 6) is 1.79. The minimum Gasteiger partial charge on any atom is -0.497 e. The molecule has 0 spiro atoms. The van der Waals surface area contributed by atoms with Crippen molar-refractivity contribution in [1.82, 2.24) is 4.90 Å². The lowest BCUT2D eigenvalue weighted by Crippen LogP contribution is -2.24. The van der Waals surface area contributed by atoms with Gasteiger partial charge in [0.25, 0.3) is 5.91 Å². The van der Waals surface area contributed by atoms with Crippen molar-refractivity contribution in [3.05, 3.63) is 81.1 Å². The van der Waals surface area contributed by atoms with Crippen LogP contribution >= 0.6 is 22.6 Å². The maximum absolute atomic E-state index is 13.0. The fourth-order valence-corrected chi connectivity index (χ4v) is 3.66. The molecule has 2 aromatic rings. The maximum atomic E-state index is 13.0. The predicted octanol–water partition coefficient (Wildman–Crippen LogP) is 4.35. The summed E-state index contributed by atoms with van der Waals surface area (Å²) in [5, 5.41) is 0. The van der Waals surface area contributed by atoms with Crippen LogP contribution in [0.2, 0.25) is 0 Å². The van der Waals surface area contributed by atoms with Crippen LogP contribution < -0.4 is 9.47 Å². The minimum absolute atomic E-state index is 0.376. The molecule has 0 saturated carbocycles. The van der Waals surface area contributed by atoms with Crippen molar-refractivity contribution in [3.63, 3.8) is 0 Å². The number of rotatable bonds is 3. The molecule has 0 unspecified atom stereocenters. The first-order chi connectivity index (χ1) is 14.1. The zero-order chi connectivity index (χ0) is 20.4. The standard InChI is InChI=1S/C22H18IN3O3/c1-28-17-9-15(10-18(11-17)29-2)22(27)25-21-19-6-4-3-5-14(19)12-26-13-16(23)7-8-20(26)24-21/h3-11,13H,12H2,1-2H3. The number of fused-ring (bicyclic) bond motifs is 2. The zero-order valence-corrected chi connectivity index (χ0v) is 18.1. The maximum Gasteiger partial charge on any atom is 0.279 e. The number of amides is 1. The SMILES string of the molecule is COc1cc(OC)cc(C(=O)N=C2N=C3C=CC(I)=CN3Cc3ccccc32)c1. The number of aliphatic imine (C=N–C) groups is 2. The number of carbonyl (C=O) groups excluding carboxylic acids is 1. The van der Waals surface area contributed by atoms with E-state index in [1.54, 1.807) is 32.4 Å². The molecule has 2 heterocycles. The summed E-state index contributed by atoms with van der Waals surface area (Å²) in [5.41, 5.74) is 2.27. The van der Waals surface area contributed by atoms with Crippen LogP contribution in [0.4, 0.5) is 0 Å². The molecule has 29 heavy (non-hydrogen) atoms. The summed E-state index contributed by atoms with van der Waals surface area (Å²) in [7, 11) is 3.09. The number of benzene rings is 2. The molecule has 0 saturated heterocycles. The Labute approximate surface area is 182 Å². The molecule has 2 aromatic carbocycles. The molecular formula is C22H18IN3O3. The number of nitrogens with zero attached hydrogens (tertiary/aromatic N) is 3. The van der Waals surface area contributed by atoms with Crippen molar-refractivity contribution in [2.24, 2.45) is 9.98 Å². The van der Waals surface area contributed by atoms with Gasteiger partial charge >= 0.3 is 0 Å². The van der Waals surface area contributed by atoms with Gasteiger partial charge in [-0.05, 0) is 52.4 Å². The number of amidine groups is 2. The molecule has 0 fully saturated rings. The van der Waals surface area contributed by atoms with Gasteiger partial charge in [0.1, 0.15) is 17.3 Å². The Morgan fingerprint density at radius 2 is 1.83 bits per heavy atom. The van der Waals surface area contributed by atoms with E-state index in [1.807, 2.05) is 42.6 Å². The molecular weight excluding hydrogens is 481 g/mol. The minimum atomic E-state index is -0.408. The van der Waals surface area contributed by atoms with Gasteiger partial charge < -0.3 is 14.4 Å². The smallest absolute Gasteiger partial charge is 0.279 e. The fourth-order valence-electron chi connectivity index (χ4n) is 3.14. The lowest BCUT2D eigenvalue weighted by molar-refractivity contribution is 0.100. The van der Waals surface area contributed by atoms with Gasteiger partial charge in [-0.1, -0.05) is 24.3 Å². The number of halogens is 1. The van der Waals surface area contributed by atoms with Crippen LogP contribution in [0.25, 0.3) is 0 Å². The van der Waals surface area contributed by atoms with Crippen LogP contribution in [0.1, 0.15) is 21.5 Å². The van der Waals surface area contributed by atoms with Crippen molar-refractivity contribution in [3.8, 4) is 11.5 Å². The zero-order valence-electron chi connectivity index (χ0n) is 15.9. The van der Waals surface area contributed by atoms with Gasteiger partial charge in [-0.15, -0.1) is 0 Å². The van der Waals surface area contributed by atoms with E-state index >= 15 is 0 Å². The van der Waals surface area contributed by atoms with Crippen molar-refractivity contribution in [1.29, 1.82) is 0 Å². The van der Waals surface area contributed by atoms with Gasteiger partial charge in [0.15, 0.2) is 5.84 Å². The molecule has 0 atom stereocenters. The highest BCUT2D eigenvalue weighted by molar-refractivity contribution is 14.1. The van der Waals surface area contributed by atoms with E-state index in [9.17, 15) is 4.79 Å². The first-order valence-electron chi connectivity index (χ1n) is 8.92. The van der Waals surface area contributed by atoms with Gasteiger partial charge in [-0.3, -0.25) is 4.79 Å². The molecule has 7 heteroatoms. The topological polar surface area (TPSA) is 63.5 Å². The molecule has 0 radical (unpaired) electrons. The Morgan fingerprint density at radius 3 is 2.55 bits per heavy atom. The number of methoxy groups -OCH3 is 2. The molecule has 0 bridgehead atoms. The third kappa shape index (κ3) is 4.09. The lowest BCUT2D eigenvalue weighted by atomic mass is 10.1. The first-order valence-corrected chi connectivity index (χ1v) is 10.0. The van der Waals surface area contributed by atoms with Crippen LogP contribution in [0, 0.1) is 0 Å². The van der Waals surface area contributed by atoms with Crippen molar-refractivity contribution < 1.29 is 14.3 Å². The molecule has 6 nitrogen and oxygen atoms in total. The molecule has 0 aliphatic carbocycles. The number of allylic oxidation sites excluding steroid dienone is 2. The fraction of sp³-hybridized carbons (Fsp3) is 0.136. The van der Waals surface area contributed by atoms with Gasteiger partial charge in [0, 0.05) is 33.5 Å². The van der Waals surface area contributed by atoms with Crippen molar-refractivity contribution in [2.75, 3.05) is 14.2 Å². The highest BCUT2D eigenvalue weighted by atomic mass is 127. The molecule has 0 aromatic heterocycles. The summed E-state index contributed by atoms with van der Waals surface area (Å²) < 4.78 is 11.6. The second-order valence-corrected chi connectivity index (χ2v) is 7.69. The quantitative estimate of drug-likeness (QED) is 0.590. The first kappa shape index (κ1) is 19.4. The van der Waals surface area contributed by atoms with Crippen LogP contribution in [-0.2, 0) is 6.54 Å². The van der Waals surface area contributed by atoms with Gasteiger partial charge in [-0.2, -0.15) is 4.99 Å². The van der Waals surface area contributed by atoms with E-state index in [2.05, 4.69) is 32.5 Å². The monoisotopic (exact) mass is 499 g/mol. The third-order valence-corrected chi connectivity index (χ3v) is 5.23. The van der Waals surface area contributed by atoms with Gasteiger partial charge in [0.05, 0.1) is 14.2 Å². The lowest BCUT2D eigenvalue weighted by Gasteiger charge is -2.21. The molecule has 146 valence electrons. The number of ether oxygens (including phenoxy) is 2. The van der Waals surface area contributed by atoms with Crippen LogP contribution in [0.5, 0.6) is 11.5 Å². The summed E-state index contributed by atoms with van der Waals surface area (Å²) in [6.45, 7) is 0.659. The highest BCUT2D eigenvalue weighted by Crippen LogP contribution is 2.26. The molecule has 1 amide bonds. The number of hydrogen-bond donors (Lipinski definition) is 0. The third-order valence-electron chi connectivity index (χ3n) is 4.59.